The van der Waals surface area contributed by atoms with E-state index in [1.807, 2.05) is 12.1 Å². The molecule has 1 aliphatic heterocycles. The van der Waals surface area contributed by atoms with Crippen LogP contribution in [0.3, 0.4) is 0 Å². The van der Waals surface area contributed by atoms with Gasteiger partial charge in [0, 0.05) is 37.8 Å². The van der Waals surface area contributed by atoms with E-state index in [2.05, 4.69) is 17.6 Å². The summed E-state index contributed by atoms with van der Waals surface area (Å²) in [6, 6.07) is 14.5. The Balaban J connectivity index is 2.05. The van der Waals surface area contributed by atoms with Crippen LogP contribution in [0, 0.1) is 28.6 Å². The van der Waals surface area contributed by atoms with E-state index < -0.39 is 35.0 Å². The van der Waals surface area contributed by atoms with Gasteiger partial charge in [-0.3, -0.25) is 9.78 Å². The molecule has 0 saturated heterocycles. The number of amides is 1. The predicted molar refractivity (Wildman–Crippen MR) is 131 cm³/mol. The van der Waals surface area contributed by atoms with Gasteiger partial charge in [0.25, 0.3) is 0 Å². The molecular weight excluding hydrogens is 456 g/mol. The molecule has 1 aliphatic carbocycles. The zero-order valence-electron chi connectivity index (χ0n) is 20.2. The Labute approximate surface area is 209 Å². The van der Waals surface area contributed by atoms with E-state index in [4.69, 9.17) is 4.74 Å². The maximum atomic E-state index is 13.5. The second-order valence-electron chi connectivity index (χ2n) is 9.09. The average Bonchev–Trinajstić information content (AvgIpc) is 3.26. The number of nitrogens with zero attached hydrogens (tertiary/aromatic N) is 4. The van der Waals surface area contributed by atoms with Crippen LogP contribution in [0.1, 0.15) is 29.7 Å². The van der Waals surface area contributed by atoms with Crippen molar-refractivity contribution in [1.29, 1.82) is 10.5 Å². The highest BCUT2D eigenvalue weighted by Gasteiger charge is 2.78. The molecule has 2 aliphatic rings. The Morgan fingerprint density at radius 3 is 2.53 bits per heavy atom. The smallest absolute Gasteiger partial charge is 0.228 e. The fourth-order valence-electron chi connectivity index (χ4n) is 5.35. The third-order valence-corrected chi connectivity index (χ3v) is 7.01. The Hall–Kier alpha value is -4.24. The Kier molecular flexibility index (Phi) is 6.28. The van der Waals surface area contributed by atoms with Gasteiger partial charge in [-0.1, -0.05) is 49.1 Å². The molecule has 0 spiro atoms. The van der Waals surface area contributed by atoms with Gasteiger partial charge in [0.15, 0.2) is 11.2 Å². The van der Waals surface area contributed by atoms with E-state index in [0.717, 1.165) is 0 Å². The van der Waals surface area contributed by atoms with Crippen LogP contribution >= 0.6 is 0 Å². The van der Waals surface area contributed by atoms with Gasteiger partial charge in [-0.25, -0.2) is 0 Å². The number of pyridine rings is 1. The van der Waals surface area contributed by atoms with Crippen molar-refractivity contribution in [3.8, 4) is 17.9 Å². The van der Waals surface area contributed by atoms with Gasteiger partial charge in [-0.15, -0.1) is 0 Å². The zero-order valence-corrected chi connectivity index (χ0v) is 20.2. The minimum absolute atomic E-state index is 0.0186. The molecule has 1 aromatic carbocycles. The lowest BCUT2D eigenvalue weighted by Crippen LogP contribution is -2.55. The monoisotopic (exact) mass is 482 g/mol. The number of benzene rings is 1. The second-order valence-corrected chi connectivity index (χ2v) is 9.09. The summed E-state index contributed by atoms with van der Waals surface area (Å²) in [5.74, 6) is -2.28. The summed E-state index contributed by atoms with van der Waals surface area (Å²) in [4.78, 5) is 19.2. The summed E-state index contributed by atoms with van der Waals surface area (Å²) in [7, 11) is 3.16. The van der Waals surface area contributed by atoms with E-state index >= 15 is 0 Å². The molecule has 36 heavy (non-hydrogen) atoms. The summed E-state index contributed by atoms with van der Waals surface area (Å²) in [6.45, 7) is 5.91. The first kappa shape index (κ1) is 24.9. The van der Waals surface area contributed by atoms with Gasteiger partial charge in [0.05, 0.1) is 17.6 Å². The van der Waals surface area contributed by atoms with Crippen molar-refractivity contribution in [3.63, 3.8) is 0 Å². The van der Waals surface area contributed by atoms with Gasteiger partial charge in [-0.2, -0.15) is 10.5 Å². The molecule has 8 heteroatoms. The number of nitriles is 2. The van der Waals surface area contributed by atoms with Crippen LogP contribution in [0.4, 0.5) is 0 Å². The zero-order chi connectivity index (χ0) is 26.3. The molecule has 1 saturated carbocycles. The van der Waals surface area contributed by atoms with Crippen LogP contribution in [0.15, 0.2) is 78.5 Å². The molecule has 5 atom stereocenters. The fraction of sp³-hybridized carbons (Fsp3) is 0.286. The van der Waals surface area contributed by atoms with Gasteiger partial charge in [-0.05, 0) is 24.1 Å². The maximum absolute atomic E-state index is 13.5. The highest BCUT2D eigenvalue weighted by molar-refractivity contribution is 5.83. The molecule has 182 valence electrons. The SMILES string of the molecule is C=C(/C=C\C(C#N)=C/C)[C@@]12Oc3cc(C#N)cnc3[C@]1(O)[C@H](O)[C@H](C(=O)N(C)C)[C@H]2c1ccccc1. The summed E-state index contributed by atoms with van der Waals surface area (Å²) in [6.07, 6.45) is 4.36. The van der Waals surface area contributed by atoms with Crippen LogP contribution in [-0.4, -0.2) is 51.8 Å². The summed E-state index contributed by atoms with van der Waals surface area (Å²) in [5.41, 5.74) is -2.49. The van der Waals surface area contributed by atoms with Crippen molar-refractivity contribution >= 4 is 5.91 Å². The number of fused-ring (bicyclic) bond motifs is 3. The lowest BCUT2D eigenvalue weighted by atomic mass is 9.71. The normalized spacial score (nSPS) is 28.5. The summed E-state index contributed by atoms with van der Waals surface area (Å²) < 4.78 is 6.48. The molecule has 8 nitrogen and oxygen atoms in total. The number of allylic oxidation sites excluding steroid dienone is 3. The maximum Gasteiger partial charge on any atom is 0.228 e. The first-order chi connectivity index (χ1) is 17.2. The topological polar surface area (TPSA) is 130 Å². The third-order valence-electron chi connectivity index (χ3n) is 7.01. The van der Waals surface area contributed by atoms with Crippen molar-refractivity contribution in [2.75, 3.05) is 14.1 Å². The second kappa shape index (κ2) is 9.09. The van der Waals surface area contributed by atoms with Crippen LogP contribution in [0.5, 0.6) is 5.75 Å². The quantitative estimate of drug-likeness (QED) is 0.495. The lowest BCUT2D eigenvalue weighted by Gasteiger charge is -2.40. The first-order valence-corrected chi connectivity index (χ1v) is 11.4. The van der Waals surface area contributed by atoms with Crippen molar-refractivity contribution in [1.82, 2.24) is 9.88 Å². The number of rotatable bonds is 5. The highest BCUT2D eigenvalue weighted by Crippen LogP contribution is 2.66. The number of aromatic nitrogens is 1. The third kappa shape index (κ3) is 3.35. The van der Waals surface area contributed by atoms with Crippen LogP contribution in [0.2, 0.25) is 0 Å². The van der Waals surface area contributed by atoms with Gasteiger partial charge < -0.3 is 19.8 Å². The van der Waals surface area contributed by atoms with Crippen LogP contribution in [-0.2, 0) is 10.4 Å². The molecule has 4 rings (SSSR count). The molecule has 1 aromatic heterocycles. The first-order valence-electron chi connectivity index (χ1n) is 11.4. The minimum atomic E-state index is -2.18. The Morgan fingerprint density at radius 1 is 1.25 bits per heavy atom. The van der Waals surface area contributed by atoms with Crippen LogP contribution in [0.25, 0.3) is 0 Å². The number of aliphatic hydroxyl groups excluding tert-OH is 1. The number of aliphatic hydroxyl groups is 2. The summed E-state index contributed by atoms with van der Waals surface area (Å²) >= 11 is 0. The van der Waals surface area contributed by atoms with E-state index in [1.54, 1.807) is 57.4 Å². The molecule has 1 amide bonds. The molecule has 0 radical (unpaired) electrons. The largest absolute Gasteiger partial charge is 0.476 e. The van der Waals surface area contributed by atoms with Gasteiger partial charge in [0.1, 0.15) is 23.6 Å². The van der Waals surface area contributed by atoms with Crippen molar-refractivity contribution < 1.29 is 19.7 Å². The lowest BCUT2D eigenvalue weighted by molar-refractivity contribution is -0.146. The minimum Gasteiger partial charge on any atom is -0.476 e. The van der Waals surface area contributed by atoms with Crippen LogP contribution < -0.4 is 4.74 Å². The van der Waals surface area contributed by atoms with Crippen molar-refractivity contribution in [2.24, 2.45) is 5.92 Å². The fourth-order valence-corrected chi connectivity index (χ4v) is 5.35. The van der Waals surface area contributed by atoms with E-state index in [1.165, 1.54) is 23.2 Å². The molecule has 2 aromatic rings. The number of hydrogen-bond donors (Lipinski definition) is 2. The Bertz CT molecular complexity index is 1370. The molecule has 1 fully saturated rings. The number of carbonyl (C=O) groups is 1. The van der Waals surface area contributed by atoms with Crippen molar-refractivity contribution in [3.05, 3.63) is 95.4 Å². The van der Waals surface area contributed by atoms with E-state index in [0.29, 0.717) is 11.1 Å². The number of hydrogen-bond acceptors (Lipinski definition) is 7. The average molecular weight is 483 g/mol. The van der Waals surface area contributed by atoms with Gasteiger partial charge in [0.2, 0.25) is 5.91 Å². The summed E-state index contributed by atoms with van der Waals surface area (Å²) in [5, 5.41) is 42.9. The molecule has 2 N–H and O–H groups in total. The van der Waals surface area contributed by atoms with Gasteiger partial charge >= 0.3 is 0 Å². The highest BCUT2D eigenvalue weighted by atomic mass is 16.5. The predicted octanol–water partition coefficient (Wildman–Crippen LogP) is 2.72. The van der Waals surface area contributed by atoms with E-state index in [-0.39, 0.29) is 22.6 Å². The molecule has 2 heterocycles. The van der Waals surface area contributed by atoms with Crippen molar-refractivity contribution in [2.45, 2.75) is 30.1 Å². The molecule has 0 bridgehead atoms. The Morgan fingerprint density at radius 2 is 1.94 bits per heavy atom. The number of carbonyl (C=O) groups excluding carboxylic acids is 1. The van der Waals surface area contributed by atoms with E-state index in [9.17, 15) is 25.5 Å². The standard InChI is InChI=1S/C28H26N4O4/c1-5-18(14-29)12-11-17(2)28-23(20-9-7-6-8-10-20)22(26(34)32(3)4)25(33)27(28,35)24-21(36-28)13-19(15-30)16-31-24/h5-13,16,22-23,25,33,35H,2H2,1,3-4H3/b12-11-,18-5+/t22-,23-,25-,27+,28+/m1/s1. The number of ether oxygens (including phenoxy) is 1. The molecular formula is C28H26N4O4. The molecule has 0 unspecified atom stereocenters.